The number of aromatic nitrogens is 2. The van der Waals surface area contributed by atoms with Crippen molar-refractivity contribution in [3.05, 3.63) is 88.3 Å². The molecule has 0 amide bonds. The third kappa shape index (κ3) is 3.87. The maximum Gasteiger partial charge on any atom is 0.326 e. The van der Waals surface area contributed by atoms with Gasteiger partial charge in [-0.05, 0) is 11.1 Å². The summed E-state index contributed by atoms with van der Waals surface area (Å²) in [5, 5.41) is 2.47. The maximum absolute atomic E-state index is 12.9. The van der Waals surface area contributed by atoms with Crippen LogP contribution in [0.25, 0.3) is 21.3 Å². The van der Waals surface area contributed by atoms with Crippen LogP contribution in [0.2, 0.25) is 0 Å². The summed E-state index contributed by atoms with van der Waals surface area (Å²) in [5.74, 6) is -0.448. The molecule has 5 nitrogen and oxygen atoms in total. The first-order chi connectivity index (χ1) is 13.7. The minimum atomic E-state index is -0.448. The smallest absolute Gasteiger partial charge is 0.326 e. The molecule has 2 aromatic heterocycles. The lowest BCUT2D eigenvalue weighted by Crippen LogP contribution is -2.26. The summed E-state index contributed by atoms with van der Waals surface area (Å²) in [4.78, 5) is 30.1. The SMILES string of the molecule is O=C(Cn1cnc2scc(-c3ccccc3)c2c1=O)OCCc1ccccc1. The van der Waals surface area contributed by atoms with Gasteiger partial charge in [0.1, 0.15) is 11.4 Å². The first-order valence-electron chi connectivity index (χ1n) is 8.94. The average Bonchev–Trinajstić information content (AvgIpc) is 3.16. The summed E-state index contributed by atoms with van der Waals surface area (Å²) in [7, 11) is 0. The van der Waals surface area contributed by atoms with Crippen molar-refractivity contribution in [1.29, 1.82) is 0 Å². The molecule has 0 aliphatic heterocycles. The molecule has 4 rings (SSSR count). The number of ether oxygens (including phenoxy) is 1. The highest BCUT2D eigenvalue weighted by atomic mass is 32.1. The van der Waals surface area contributed by atoms with Gasteiger partial charge < -0.3 is 4.74 Å². The van der Waals surface area contributed by atoms with E-state index in [9.17, 15) is 9.59 Å². The highest BCUT2D eigenvalue weighted by Gasteiger charge is 2.15. The van der Waals surface area contributed by atoms with Crippen LogP contribution in [-0.2, 0) is 22.5 Å². The van der Waals surface area contributed by atoms with E-state index in [-0.39, 0.29) is 18.7 Å². The number of fused-ring (bicyclic) bond motifs is 1. The van der Waals surface area contributed by atoms with Gasteiger partial charge in [0.25, 0.3) is 5.56 Å². The van der Waals surface area contributed by atoms with Gasteiger partial charge in [-0.15, -0.1) is 11.3 Å². The van der Waals surface area contributed by atoms with Gasteiger partial charge >= 0.3 is 5.97 Å². The molecule has 6 heteroatoms. The van der Waals surface area contributed by atoms with Gasteiger partial charge in [-0.25, -0.2) is 4.98 Å². The van der Waals surface area contributed by atoms with Gasteiger partial charge in [-0.2, -0.15) is 0 Å². The molecule has 0 fully saturated rings. The molecule has 0 aliphatic carbocycles. The number of nitrogens with zero attached hydrogens (tertiary/aromatic N) is 2. The first-order valence-corrected chi connectivity index (χ1v) is 9.82. The molecule has 0 saturated heterocycles. The number of carbonyl (C=O) groups excluding carboxylic acids is 1. The van der Waals surface area contributed by atoms with E-state index < -0.39 is 5.97 Å². The van der Waals surface area contributed by atoms with Crippen molar-refractivity contribution in [2.75, 3.05) is 6.61 Å². The van der Waals surface area contributed by atoms with E-state index in [1.54, 1.807) is 0 Å². The molecular weight excluding hydrogens is 372 g/mol. The number of thiophene rings is 1. The normalized spacial score (nSPS) is 10.9. The van der Waals surface area contributed by atoms with Crippen LogP contribution < -0.4 is 5.56 Å². The van der Waals surface area contributed by atoms with E-state index in [2.05, 4.69) is 4.98 Å². The van der Waals surface area contributed by atoms with E-state index >= 15 is 0 Å². The zero-order valence-electron chi connectivity index (χ0n) is 15.1. The van der Waals surface area contributed by atoms with Crippen LogP contribution in [-0.4, -0.2) is 22.1 Å². The van der Waals surface area contributed by atoms with Gasteiger partial charge in [0.15, 0.2) is 0 Å². The highest BCUT2D eigenvalue weighted by Crippen LogP contribution is 2.30. The van der Waals surface area contributed by atoms with Gasteiger partial charge in [0.2, 0.25) is 0 Å². The number of rotatable bonds is 6. The summed E-state index contributed by atoms with van der Waals surface area (Å²) < 4.78 is 6.60. The van der Waals surface area contributed by atoms with E-state index in [1.807, 2.05) is 66.0 Å². The molecule has 0 atom stereocenters. The monoisotopic (exact) mass is 390 g/mol. The van der Waals surface area contributed by atoms with Crippen molar-refractivity contribution in [3.8, 4) is 11.1 Å². The minimum Gasteiger partial charge on any atom is -0.464 e. The van der Waals surface area contributed by atoms with E-state index in [0.29, 0.717) is 16.6 Å². The van der Waals surface area contributed by atoms with E-state index in [1.165, 1.54) is 22.2 Å². The Hall–Kier alpha value is -3.25. The highest BCUT2D eigenvalue weighted by molar-refractivity contribution is 7.17. The standard InChI is InChI=1S/C22H18N2O3S/c25-19(27-12-11-16-7-3-1-4-8-16)13-24-15-23-21-20(22(24)26)18(14-28-21)17-9-5-2-6-10-17/h1-10,14-15H,11-13H2. The topological polar surface area (TPSA) is 61.2 Å². The van der Waals surface area contributed by atoms with Crippen LogP contribution in [0.3, 0.4) is 0 Å². The second kappa shape index (κ2) is 8.19. The summed E-state index contributed by atoms with van der Waals surface area (Å²) in [6.07, 6.45) is 2.05. The van der Waals surface area contributed by atoms with Crippen LogP contribution >= 0.6 is 11.3 Å². The van der Waals surface area contributed by atoms with Crippen molar-refractivity contribution in [3.63, 3.8) is 0 Å². The zero-order chi connectivity index (χ0) is 19.3. The second-order valence-corrected chi connectivity index (χ2v) is 7.19. The molecule has 0 aliphatic rings. The Morgan fingerprint density at radius 1 is 1.04 bits per heavy atom. The lowest BCUT2D eigenvalue weighted by molar-refractivity contribution is -0.144. The van der Waals surface area contributed by atoms with Crippen LogP contribution in [0.5, 0.6) is 0 Å². The fraction of sp³-hybridized carbons (Fsp3) is 0.136. The predicted molar refractivity (Wildman–Crippen MR) is 110 cm³/mol. The lowest BCUT2D eigenvalue weighted by Gasteiger charge is -2.07. The van der Waals surface area contributed by atoms with E-state index in [0.717, 1.165) is 16.7 Å². The number of esters is 1. The quantitative estimate of drug-likeness (QED) is 0.468. The summed E-state index contributed by atoms with van der Waals surface area (Å²) in [6, 6.07) is 19.5. The minimum absolute atomic E-state index is 0.152. The van der Waals surface area contributed by atoms with Crippen LogP contribution in [0, 0.1) is 0 Å². The molecule has 0 bridgehead atoms. The molecule has 4 aromatic rings. The van der Waals surface area contributed by atoms with Crippen molar-refractivity contribution < 1.29 is 9.53 Å². The van der Waals surface area contributed by atoms with E-state index in [4.69, 9.17) is 4.74 Å². The number of hydrogen-bond donors (Lipinski definition) is 0. The molecule has 140 valence electrons. The Balaban J connectivity index is 1.50. The molecule has 0 N–H and O–H groups in total. The summed E-state index contributed by atoms with van der Waals surface area (Å²) in [6.45, 7) is 0.127. The maximum atomic E-state index is 12.9. The van der Waals surface area contributed by atoms with Crippen LogP contribution in [0.1, 0.15) is 5.56 Å². The third-order valence-corrected chi connectivity index (χ3v) is 5.33. The molecule has 2 heterocycles. The van der Waals surface area contributed by atoms with Crippen LogP contribution in [0.15, 0.2) is 77.2 Å². The van der Waals surface area contributed by atoms with Gasteiger partial charge in [0, 0.05) is 17.4 Å². The molecule has 2 aromatic carbocycles. The zero-order valence-corrected chi connectivity index (χ0v) is 15.9. The second-order valence-electron chi connectivity index (χ2n) is 6.33. The Bertz CT molecular complexity index is 1150. The average molecular weight is 390 g/mol. The van der Waals surface area contributed by atoms with Crippen molar-refractivity contribution >= 4 is 27.5 Å². The van der Waals surface area contributed by atoms with Crippen molar-refractivity contribution in [2.24, 2.45) is 0 Å². The van der Waals surface area contributed by atoms with Gasteiger partial charge in [-0.3, -0.25) is 14.2 Å². The molecule has 0 saturated carbocycles. The molecular formula is C22H18N2O3S. The fourth-order valence-electron chi connectivity index (χ4n) is 3.02. The molecule has 28 heavy (non-hydrogen) atoms. The number of benzene rings is 2. The largest absolute Gasteiger partial charge is 0.464 e. The number of hydrogen-bond acceptors (Lipinski definition) is 5. The molecule has 0 unspecified atom stereocenters. The molecule has 0 radical (unpaired) electrons. The van der Waals surface area contributed by atoms with Gasteiger partial charge in [0.05, 0.1) is 18.3 Å². The van der Waals surface area contributed by atoms with Gasteiger partial charge in [-0.1, -0.05) is 60.7 Å². The Morgan fingerprint density at radius 3 is 2.50 bits per heavy atom. The Labute approximate surface area is 165 Å². The number of carbonyl (C=O) groups is 1. The predicted octanol–water partition coefficient (Wildman–Crippen LogP) is 3.91. The van der Waals surface area contributed by atoms with Crippen molar-refractivity contribution in [2.45, 2.75) is 13.0 Å². The molecule has 0 spiro atoms. The first kappa shape index (κ1) is 18.1. The fourth-order valence-corrected chi connectivity index (χ4v) is 3.93. The Morgan fingerprint density at radius 2 is 1.75 bits per heavy atom. The van der Waals surface area contributed by atoms with Crippen LogP contribution in [0.4, 0.5) is 0 Å². The lowest BCUT2D eigenvalue weighted by atomic mass is 10.1. The third-order valence-electron chi connectivity index (χ3n) is 4.44. The summed E-state index contributed by atoms with van der Waals surface area (Å²) in [5.41, 5.74) is 2.66. The summed E-state index contributed by atoms with van der Waals surface area (Å²) >= 11 is 1.42. The van der Waals surface area contributed by atoms with Crippen molar-refractivity contribution in [1.82, 2.24) is 9.55 Å². The Kier molecular flexibility index (Phi) is 5.30.